The largest absolute Gasteiger partial charge is 0.351 e. The first-order valence-corrected chi connectivity index (χ1v) is 7.11. The molecule has 0 saturated heterocycles. The summed E-state index contributed by atoms with van der Waals surface area (Å²) < 4.78 is 0. The van der Waals surface area contributed by atoms with E-state index in [1.165, 1.54) is 5.56 Å². The Kier molecular flexibility index (Phi) is 3.31. The molecule has 3 rings (SSSR count). The molecule has 1 aliphatic carbocycles. The summed E-state index contributed by atoms with van der Waals surface area (Å²) in [5.74, 6) is 0.0327. The highest BCUT2D eigenvalue weighted by Gasteiger charge is 2.44. The van der Waals surface area contributed by atoms with E-state index in [-0.39, 0.29) is 11.3 Å². The first kappa shape index (κ1) is 12.9. The molecule has 2 aromatic carbocycles. The monoisotopic (exact) mass is 265 g/mol. The number of aryl methyl sites for hydroxylation is 1. The van der Waals surface area contributed by atoms with Crippen molar-refractivity contribution in [2.24, 2.45) is 0 Å². The molecule has 0 unspecified atom stereocenters. The van der Waals surface area contributed by atoms with Crippen LogP contribution in [0.4, 0.5) is 0 Å². The van der Waals surface area contributed by atoms with E-state index >= 15 is 0 Å². The van der Waals surface area contributed by atoms with Crippen LogP contribution in [0.15, 0.2) is 54.6 Å². The van der Waals surface area contributed by atoms with Gasteiger partial charge in [-0.15, -0.1) is 0 Å². The van der Waals surface area contributed by atoms with Crippen molar-refractivity contribution < 1.29 is 4.79 Å². The lowest BCUT2D eigenvalue weighted by Crippen LogP contribution is -2.32. The minimum atomic E-state index is 0.0327. The van der Waals surface area contributed by atoms with Crippen LogP contribution in [0.3, 0.4) is 0 Å². The Balaban J connectivity index is 1.69. The van der Waals surface area contributed by atoms with Gasteiger partial charge in [-0.25, -0.2) is 0 Å². The summed E-state index contributed by atoms with van der Waals surface area (Å²) >= 11 is 0. The molecule has 20 heavy (non-hydrogen) atoms. The van der Waals surface area contributed by atoms with Gasteiger partial charge in [0.25, 0.3) is 5.91 Å². The highest BCUT2D eigenvalue weighted by Crippen LogP contribution is 2.47. The molecular formula is C18H19NO. The van der Waals surface area contributed by atoms with Crippen molar-refractivity contribution in [3.63, 3.8) is 0 Å². The summed E-state index contributed by atoms with van der Waals surface area (Å²) in [6.45, 7) is 2.70. The second kappa shape index (κ2) is 5.12. The van der Waals surface area contributed by atoms with E-state index in [4.69, 9.17) is 0 Å². The van der Waals surface area contributed by atoms with Crippen LogP contribution in [-0.2, 0) is 5.41 Å². The van der Waals surface area contributed by atoms with Gasteiger partial charge < -0.3 is 5.32 Å². The van der Waals surface area contributed by atoms with Crippen LogP contribution < -0.4 is 5.32 Å². The third kappa shape index (κ3) is 2.46. The van der Waals surface area contributed by atoms with Crippen molar-refractivity contribution in [2.75, 3.05) is 6.54 Å². The molecule has 0 spiro atoms. The SMILES string of the molecule is Cc1ccccc1C(=O)NCC1(c2ccccc2)CC1. The maximum Gasteiger partial charge on any atom is 0.251 e. The second-order valence-electron chi connectivity index (χ2n) is 5.64. The van der Waals surface area contributed by atoms with Gasteiger partial charge in [-0.2, -0.15) is 0 Å². The van der Waals surface area contributed by atoms with E-state index in [2.05, 4.69) is 29.6 Å². The molecule has 1 N–H and O–H groups in total. The smallest absolute Gasteiger partial charge is 0.251 e. The number of amides is 1. The van der Waals surface area contributed by atoms with Crippen molar-refractivity contribution >= 4 is 5.91 Å². The fraction of sp³-hybridized carbons (Fsp3) is 0.278. The van der Waals surface area contributed by atoms with Crippen LogP contribution in [0.5, 0.6) is 0 Å². The van der Waals surface area contributed by atoms with E-state index < -0.39 is 0 Å². The minimum Gasteiger partial charge on any atom is -0.351 e. The Labute approximate surface area is 119 Å². The van der Waals surface area contributed by atoms with E-state index in [9.17, 15) is 4.79 Å². The van der Waals surface area contributed by atoms with Gasteiger partial charge in [0.1, 0.15) is 0 Å². The number of hydrogen-bond donors (Lipinski definition) is 1. The molecule has 0 aromatic heterocycles. The van der Waals surface area contributed by atoms with Crippen molar-refractivity contribution in [1.29, 1.82) is 0 Å². The summed E-state index contributed by atoms with van der Waals surface area (Å²) in [6.07, 6.45) is 2.32. The Morgan fingerprint density at radius 3 is 2.35 bits per heavy atom. The van der Waals surface area contributed by atoms with Gasteiger partial charge in [0, 0.05) is 17.5 Å². The highest BCUT2D eigenvalue weighted by atomic mass is 16.1. The van der Waals surface area contributed by atoms with Gasteiger partial charge in [-0.05, 0) is 37.0 Å². The van der Waals surface area contributed by atoms with Gasteiger partial charge in [-0.1, -0.05) is 48.5 Å². The molecule has 0 atom stereocenters. The zero-order chi connectivity index (χ0) is 14.0. The lowest BCUT2D eigenvalue weighted by Gasteiger charge is -2.17. The minimum absolute atomic E-state index is 0.0327. The van der Waals surface area contributed by atoms with Gasteiger partial charge in [-0.3, -0.25) is 4.79 Å². The van der Waals surface area contributed by atoms with Gasteiger partial charge >= 0.3 is 0 Å². The molecule has 2 aromatic rings. The van der Waals surface area contributed by atoms with E-state index in [0.717, 1.165) is 30.5 Å². The Bertz CT molecular complexity index is 614. The lowest BCUT2D eigenvalue weighted by molar-refractivity contribution is 0.0949. The van der Waals surface area contributed by atoms with Gasteiger partial charge in [0.05, 0.1) is 0 Å². The molecule has 0 bridgehead atoms. The molecule has 1 amide bonds. The van der Waals surface area contributed by atoms with Crippen molar-refractivity contribution in [1.82, 2.24) is 5.32 Å². The molecule has 1 saturated carbocycles. The summed E-state index contributed by atoms with van der Waals surface area (Å²) in [7, 11) is 0. The van der Waals surface area contributed by atoms with Crippen molar-refractivity contribution in [2.45, 2.75) is 25.2 Å². The van der Waals surface area contributed by atoms with Crippen LogP contribution in [0.25, 0.3) is 0 Å². The first-order valence-electron chi connectivity index (χ1n) is 7.11. The number of benzene rings is 2. The number of nitrogens with one attached hydrogen (secondary N) is 1. The molecule has 0 heterocycles. The second-order valence-corrected chi connectivity index (χ2v) is 5.64. The third-order valence-electron chi connectivity index (χ3n) is 4.22. The molecule has 1 aliphatic rings. The standard InChI is InChI=1S/C18H19NO/c1-14-7-5-6-10-16(14)17(20)19-13-18(11-12-18)15-8-3-2-4-9-15/h2-10H,11-13H2,1H3,(H,19,20). The topological polar surface area (TPSA) is 29.1 Å². The van der Waals surface area contributed by atoms with Crippen molar-refractivity contribution in [3.05, 3.63) is 71.3 Å². The molecule has 102 valence electrons. The lowest BCUT2D eigenvalue weighted by atomic mass is 9.96. The van der Waals surface area contributed by atoms with E-state index in [1.807, 2.05) is 37.3 Å². The van der Waals surface area contributed by atoms with Gasteiger partial charge in [0.2, 0.25) is 0 Å². The number of carbonyl (C=O) groups excluding carboxylic acids is 1. The van der Waals surface area contributed by atoms with Crippen LogP contribution in [0.1, 0.15) is 34.3 Å². The maximum absolute atomic E-state index is 12.3. The molecule has 0 aliphatic heterocycles. The Morgan fingerprint density at radius 1 is 1.05 bits per heavy atom. The predicted molar refractivity (Wildman–Crippen MR) is 80.9 cm³/mol. The normalized spacial score (nSPS) is 15.7. The maximum atomic E-state index is 12.3. The van der Waals surface area contributed by atoms with Crippen molar-refractivity contribution in [3.8, 4) is 0 Å². The Hall–Kier alpha value is -2.09. The van der Waals surface area contributed by atoms with Crippen LogP contribution in [0, 0.1) is 6.92 Å². The van der Waals surface area contributed by atoms with Gasteiger partial charge in [0.15, 0.2) is 0 Å². The fourth-order valence-corrected chi connectivity index (χ4v) is 2.68. The van der Waals surface area contributed by atoms with E-state index in [0.29, 0.717) is 0 Å². The quantitative estimate of drug-likeness (QED) is 0.901. The fourth-order valence-electron chi connectivity index (χ4n) is 2.68. The molecule has 1 fully saturated rings. The number of carbonyl (C=O) groups is 1. The Morgan fingerprint density at radius 2 is 1.70 bits per heavy atom. The average Bonchev–Trinajstić information content (AvgIpc) is 3.27. The number of hydrogen-bond acceptors (Lipinski definition) is 1. The third-order valence-corrected chi connectivity index (χ3v) is 4.22. The zero-order valence-electron chi connectivity index (χ0n) is 11.7. The number of rotatable bonds is 4. The summed E-state index contributed by atoms with van der Waals surface area (Å²) in [4.78, 5) is 12.3. The van der Waals surface area contributed by atoms with E-state index in [1.54, 1.807) is 0 Å². The summed E-state index contributed by atoms with van der Waals surface area (Å²) in [5, 5.41) is 3.10. The summed E-state index contributed by atoms with van der Waals surface area (Å²) in [5.41, 5.74) is 3.30. The molecule has 2 nitrogen and oxygen atoms in total. The molecule has 2 heteroatoms. The average molecular weight is 265 g/mol. The summed E-state index contributed by atoms with van der Waals surface area (Å²) in [6, 6.07) is 18.2. The van der Waals surface area contributed by atoms with Crippen LogP contribution in [-0.4, -0.2) is 12.5 Å². The highest BCUT2D eigenvalue weighted by molar-refractivity contribution is 5.95. The molecule has 0 radical (unpaired) electrons. The zero-order valence-corrected chi connectivity index (χ0v) is 11.7. The predicted octanol–water partition coefficient (Wildman–Crippen LogP) is 3.46. The van der Waals surface area contributed by atoms with Crippen LogP contribution in [0.2, 0.25) is 0 Å². The van der Waals surface area contributed by atoms with Crippen LogP contribution >= 0.6 is 0 Å². The first-order chi connectivity index (χ1) is 9.71. The molecular weight excluding hydrogens is 246 g/mol.